The number of nitrogens with zero attached hydrogens (tertiary/aromatic N) is 2. The molecule has 3 heteroatoms. The monoisotopic (exact) mass is 239 g/mol. The van der Waals surface area contributed by atoms with Gasteiger partial charge < -0.3 is 0 Å². The fourth-order valence-electron chi connectivity index (χ4n) is 3.25. The number of likely N-dealkylation sites (tertiary alicyclic amines) is 1. The Morgan fingerprint density at radius 3 is 2.24 bits per heavy atom. The zero-order chi connectivity index (χ0) is 12.4. The predicted molar refractivity (Wildman–Crippen MR) is 72.9 cm³/mol. The average Bonchev–Trinajstić information content (AvgIpc) is 2.72. The maximum atomic E-state index is 3.79. The molecule has 17 heavy (non-hydrogen) atoms. The van der Waals surface area contributed by atoms with Crippen LogP contribution in [0.5, 0.6) is 0 Å². The first kappa shape index (κ1) is 13.3. The third-order valence-electron chi connectivity index (χ3n) is 4.48. The summed E-state index contributed by atoms with van der Waals surface area (Å²) < 4.78 is 0. The number of hydrogen-bond donors (Lipinski definition) is 1. The third kappa shape index (κ3) is 3.21. The highest BCUT2D eigenvalue weighted by Gasteiger charge is 2.30. The van der Waals surface area contributed by atoms with E-state index < -0.39 is 0 Å². The van der Waals surface area contributed by atoms with Crippen molar-refractivity contribution < 1.29 is 0 Å². The van der Waals surface area contributed by atoms with Crippen LogP contribution in [0.4, 0.5) is 0 Å². The van der Waals surface area contributed by atoms with Crippen LogP contribution < -0.4 is 5.43 Å². The number of rotatable bonds is 3. The van der Waals surface area contributed by atoms with E-state index in [0.717, 1.165) is 0 Å². The van der Waals surface area contributed by atoms with Crippen LogP contribution in [0.25, 0.3) is 0 Å². The van der Waals surface area contributed by atoms with Gasteiger partial charge in [0.15, 0.2) is 0 Å². The van der Waals surface area contributed by atoms with E-state index in [1.165, 1.54) is 38.8 Å². The van der Waals surface area contributed by atoms with Gasteiger partial charge in [-0.15, -0.1) is 0 Å². The quantitative estimate of drug-likeness (QED) is 0.815. The minimum Gasteiger partial charge on any atom is -0.299 e. The van der Waals surface area contributed by atoms with Gasteiger partial charge >= 0.3 is 0 Å². The molecule has 0 spiro atoms. The molecule has 2 rings (SSSR count). The summed E-state index contributed by atoms with van der Waals surface area (Å²) in [6.07, 6.45) is 5.38. The zero-order valence-electron chi connectivity index (χ0n) is 11.9. The fourth-order valence-corrected chi connectivity index (χ4v) is 3.25. The molecule has 2 heterocycles. The van der Waals surface area contributed by atoms with Crippen molar-refractivity contribution >= 4 is 0 Å². The Bertz CT molecular complexity index is 232. The molecule has 0 aromatic carbocycles. The Morgan fingerprint density at radius 2 is 1.71 bits per heavy atom. The molecule has 2 saturated heterocycles. The second kappa shape index (κ2) is 5.68. The molecule has 0 aromatic heterocycles. The number of nitrogens with one attached hydrogen (secondary N) is 1. The molecule has 2 fully saturated rings. The second-order valence-corrected chi connectivity index (χ2v) is 6.24. The Morgan fingerprint density at radius 1 is 1.06 bits per heavy atom. The van der Waals surface area contributed by atoms with Gasteiger partial charge in [-0.25, -0.2) is 5.01 Å². The molecule has 3 nitrogen and oxygen atoms in total. The Hall–Kier alpha value is -0.120. The van der Waals surface area contributed by atoms with E-state index in [9.17, 15) is 0 Å². The van der Waals surface area contributed by atoms with Crippen molar-refractivity contribution in [3.63, 3.8) is 0 Å². The SMILES string of the molecule is CC(C)N1CCC(NN2C(C)CCCC2C)C1. The van der Waals surface area contributed by atoms with Gasteiger partial charge in [-0.3, -0.25) is 10.3 Å². The van der Waals surface area contributed by atoms with Crippen LogP contribution in [0, 0.1) is 0 Å². The van der Waals surface area contributed by atoms with Gasteiger partial charge in [0, 0.05) is 37.3 Å². The highest BCUT2D eigenvalue weighted by atomic mass is 15.6. The summed E-state index contributed by atoms with van der Waals surface area (Å²) in [5.74, 6) is 0. The van der Waals surface area contributed by atoms with E-state index >= 15 is 0 Å². The summed E-state index contributed by atoms with van der Waals surface area (Å²) in [5.41, 5.74) is 3.79. The van der Waals surface area contributed by atoms with E-state index in [2.05, 4.69) is 43.0 Å². The van der Waals surface area contributed by atoms with Crippen LogP contribution in [0.3, 0.4) is 0 Å². The molecular weight excluding hydrogens is 210 g/mol. The van der Waals surface area contributed by atoms with Gasteiger partial charge in [0.2, 0.25) is 0 Å². The lowest BCUT2D eigenvalue weighted by atomic mass is 10.00. The van der Waals surface area contributed by atoms with Crippen molar-refractivity contribution in [2.75, 3.05) is 13.1 Å². The molecule has 0 aromatic rings. The lowest BCUT2D eigenvalue weighted by Crippen LogP contribution is -2.56. The summed E-state index contributed by atoms with van der Waals surface area (Å²) in [6.45, 7) is 11.8. The summed E-state index contributed by atoms with van der Waals surface area (Å²) in [4.78, 5) is 2.58. The van der Waals surface area contributed by atoms with Gasteiger partial charge in [0.25, 0.3) is 0 Å². The van der Waals surface area contributed by atoms with E-state index in [1.807, 2.05) is 0 Å². The molecule has 2 aliphatic heterocycles. The maximum Gasteiger partial charge on any atom is 0.0355 e. The molecule has 0 amide bonds. The van der Waals surface area contributed by atoms with Crippen LogP contribution in [0.1, 0.15) is 53.4 Å². The van der Waals surface area contributed by atoms with Crippen molar-refractivity contribution in [2.45, 2.75) is 77.5 Å². The first-order chi connectivity index (χ1) is 8.08. The first-order valence-electron chi connectivity index (χ1n) is 7.36. The highest BCUT2D eigenvalue weighted by Crippen LogP contribution is 2.22. The van der Waals surface area contributed by atoms with Crippen molar-refractivity contribution in [3.8, 4) is 0 Å². The molecule has 3 unspecified atom stereocenters. The van der Waals surface area contributed by atoms with Crippen LogP contribution >= 0.6 is 0 Å². The molecule has 0 aliphatic carbocycles. The van der Waals surface area contributed by atoms with E-state index in [0.29, 0.717) is 24.2 Å². The molecule has 0 saturated carbocycles. The number of hydrogen-bond acceptors (Lipinski definition) is 3. The van der Waals surface area contributed by atoms with Gasteiger partial charge in [0.05, 0.1) is 0 Å². The molecule has 1 N–H and O–H groups in total. The minimum absolute atomic E-state index is 0.667. The van der Waals surface area contributed by atoms with Crippen LogP contribution in [-0.2, 0) is 0 Å². The largest absolute Gasteiger partial charge is 0.299 e. The third-order valence-corrected chi connectivity index (χ3v) is 4.48. The van der Waals surface area contributed by atoms with Crippen molar-refractivity contribution in [2.24, 2.45) is 0 Å². The van der Waals surface area contributed by atoms with Crippen molar-refractivity contribution in [3.05, 3.63) is 0 Å². The smallest absolute Gasteiger partial charge is 0.0355 e. The highest BCUT2D eigenvalue weighted by molar-refractivity contribution is 4.85. The van der Waals surface area contributed by atoms with Gasteiger partial charge in [0.1, 0.15) is 0 Å². The van der Waals surface area contributed by atoms with E-state index in [4.69, 9.17) is 0 Å². The van der Waals surface area contributed by atoms with Crippen LogP contribution in [0.15, 0.2) is 0 Å². The van der Waals surface area contributed by atoms with E-state index in [-0.39, 0.29) is 0 Å². The van der Waals surface area contributed by atoms with Gasteiger partial charge in [-0.2, -0.15) is 0 Å². The lowest BCUT2D eigenvalue weighted by Gasteiger charge is -2.41. The maximum absolute atomic E-state index is 3.79. The zero-order valence-corrected chi connectivity index (χ0v) is 11.9. The van der Waals surface area contributed by atoms with Crippen molar-refractivity contribution in [1.29, 1.82) is 0 Å². The van der Waals surface area contributed by atoms with Crippen LogP contribution in [-0.4, -0.2) is 47.2 Å². The molecule has 100 valence electrons. The molecular formula is C14H29N3. The standard InChI is InChI=1S/C14H29N3/c1-11(2)16-9-8-14(10-16)15-17-12(3)6-5-7-13(17)4/h11-15H,5-10H2,1-4H3. The Balaban J connectivity index is 1.84. The fraction of sp³-hybridized carbons (Fsp3) is 1.00. The van der Waals surface area contributed by atoms with E-state index in [1.54, 1.807) is 0 Å². The molecule has 0 bridgehead atoms. The summed E-state index contributed by atoms with van der Waals surface area (Å²) in [6, 6.07) is 2.76. The predicted octanol–water partition coefficient (Wildman–Crippen LogP) is 2.24. The Kier molecular flexibility index (Phi) is 4.45. The minimum atomic E-state index is 0.667. The summed E-state index contributed by atoms with van der Waals surface area (Å²) in [5, 5.41) is 2.53. The summed E-state index contributed by atoms with van der Waals surface area (Å²) in [7, 11) is 0. The first-order valence-corrected chi connectivity index (χ1v) is 7.36. The second-order valence-electron chi connectivity index (χ2n) is 6.24. The molecule has 2 aliphatic rings. The molecule has 3 atom stereocenters. The Labute approximate surface area is 107 Å². The molecule has 0 radical (unpaired) electrons. The normalized spacial score (nSPS) is 36.9. The topological polar surface area (TPSA) is 18.5 Å². The number of hydrazine groups is 1. The number of piperidine rings is 1. The van der Waals surface area contributed by atoms with Crippen molar-refractivity contribution in [1.82, 2.24) is 15.3 Å². The summed E-state index contributed by atoms with van der Waals surface area (Å²) >= 11 is 0. The average molecular weight is 239 g/mol. The lowest BCUT2D eigenvalue weighted by molar-refractivity contribution is 0.0303. The van der Waals surface area contributed by atoms with Gasteiger partial charge in [-0.1, -0.05) is 6.42 Å². The van der Waals surface area contributed by atoms with Gasteiger partial charge in [-0.05, 0) is 47.0 Å². The van der Waals surface area contributed by atoms with Crippen LogP contribution in [0.2, 0.25) is 0 Å².